The van der Waals surface area contributed by atoms with Crippen molar-refractivity contribution in [3.05, 3.63) is 11.2 Å². The zero-order valence-corrected chi connectivity index (χ0v) is 17.7. The van der Waals surface area contributed by atoms with Gasteiger partial charge in [0.2, 0.25) is 5.91 Å². The predicted molar refractivity (Wildman–Crippen MR) is 110 cm³/mol. The minimum Gasteiger partial charge on any atom is -0.481 e. The van der Waals surface area contributed by atoms with Crippen LogP contribution in [0.3, 0.4) is 0 Å². The number of halogens is 1. The summed E-state index contributed by atoms with van der Waals surface area (Å²) in [5.74, 6) is 0.619. The van der Waals surface area contributed by atoms with Gasteiger partial charge in [0.05, 0.1) is 5.75 Å². The summed E-state index contributed by atoms with van der Waals surface area (Å²) in [7, 11) is 0. The van der Waals surface area contributed by atoms with Crippen LogP contribution in [-0.4, -0.2) is 63.3 Å². The Kier molecular flexibility index (Phi) is 7.40. The molecule has 1 aliphatic heterocycles. The van der Waals surface area contributed by atoms with Crippen molar-refractivity contribution in [1.82, 2.24) is 14.9 Å². The van der Waals surface area contributed by atoms with Gasteiger partial charge in [-0.25, -0.2) is 9.97 Å². The molecule has 1 aromatic rings. The maximum atomic E-state index is 12.7. The molecule has 28 heavy (non-hydrogen) atoms. The van der Waals surface area contributed by atoms with Crippen LogP contribution in [0.1, 0.15) is 45.4 Å². The van der Waals surface area contributed by atoms with Gasteiger partial charge in [-0.3, -0.25) is 9.59 Å². The number of hydrogen-bond acceptors (Lipinski definition) is 6. The summed E-state index contributed by atoms with van der Waals surface area (Å²) < 4.78 is 0. The first-order valence-corrected chi connectivity index (χ1v) is 11.2. The fourth-order valence-corrected chi connectivity index (χ4v) is 4.85. The number of carboxylic acids is 1. The molecular formula is C19H27ClN4O3S. The number of carbonyl (C=O) groups is 2. The van der Waals surface area contributed by atoms with E-state index < -0.39 is 5.97 Å². The van der Waals surface area contributed by atoms with E-state index in [1.165, 1.54) is 25.7 Å². The molecule has 3 rings (SSSR count). The molecule has 2 fully saturated rings. The molecule has 9 heteroatoms. The molecule has 1 aromatic heterocycles. The van der Waals surface area contributed by atoms with Crippen molar-refractivity contribution < 1.29 is 14.7 Å². The Morgan fingerprint density at radius 1 is 1.29 bits per heavy atom. The minimum absolute atomic E-state index is 0.0914. The van der Waals surface area contributed by atoms with Crippen LogP contribution in [0.4, 0.5) is 5.82 Å². The highest BCUT2D eigenvalue weighted by Gasteiger charge is 2.29. The molecule has 2 aliphatic rings. The smallest absolute Gasteiger partial charge is 0.313 e. The molecule has 0 unspecified atom stereocenters. The first-order valence-electron chi connectivity index (χ1n) is 9.86. The summed E-state index contributed by atoms with van der Waals surface area (Å²) in [4.78, 5) is 36.0. The lowest BCUT2D eigenvalue weighted by atomic mass is 10.0. The van der Waals surface area contributed by atoms with E-state index in [0.29, 0.717) is 42.2 Å². The summed E-state index contributed by atoms with van der Waals surface area (Å²) in [6.07, 6.45) is 6.81. The van der Waals surface area contributed by atoms with Gasteiger partial charge in [0.1, 0.15) is 11.0 Å². The van der Waals surface area contributed by atoms with Crippen molar-refractivity contribution in [1.29, 1.82) is 0 Å². The highest BCUT2D eigenvalue weighted by atomic mass is 35.5. The van der Waals surface area contributed by atoms with Gasteiger partial charge in [-0.2, -0.15) is 0 Å². The summed E-state index contributed by atoms with van der Waals surface area (Å²) >= 11 is 7.15. The zero-order chi connectivity index (χ0) is 20.1. The molecule has 1 atom stereocenters. The highest BCUT2D eigenvalue weighted by Crippen LogP contribution is 2.29. The van der Waals surface area contributed by atoms with Crippen LogP contribution in [0.2, 0.25) is 5.15 Å². The average molecular weight is 427 g/mol. The SMILES string of the molecule is C[C@H]1CN(c2cc(Cl)nc(SCC(=O)O)n2)CCN1C(=O)CCC1CCCC1. The van der Waals surface area contributed by atoms with Crippen molar-refractivity contribution in [2.45, 2.75) is 56.6 Å². The zero-order valence-electron chi connectivity index (χ0n) is 16.1. The fourth-order valence-electron chi connectivity index (χ4n) is 4.04. The normalized spacial score (nSPS) is 20.6. The number of carboxylic acid groups (broad SMARTS) is 1. The lowest BCUT2D eigenvalue weighted by Gasteiger charge is -2.40. The standard InChI is InChI=1S/C19H27ClN4O3S/c1-13-11-23(16-10-15(20)21-19(22-16)28-12-18(26)27)8-9-24(13)17(25)7-6-14-4-2-3-5-14/h10,13-14H,2-9,11-12H2,1H3,(H,26,27)/t13-/m0/s1. The molecule has 154 valence electrons. The van der Waals surface area contributed by atoms with Crippen LogP contribution < -0.4 is 4.90 Å². The molecule has 7 nitrogen and oxygen atoms in total. The molecule has 0 radical (unpaired) electrons. The van der Waals surface area contributed by atoms with Crippen LogP contribution in [0.25, 0.3) is 0 Å². The Hall–Kier alpha value is -1.54. The first kappa shape index (κ1) is 21.2. The van der Waals surface area contributed by atoms with Crippen LogP contribution in [0, 0.1) is 5.92 Å². The quantitative estimate of drug-likeness (QED) is 0.406. The number of rotatable bonds is 7. The number of nitrogens with zero attached hydrogens (tertiary/aromatic N) is 4. The lowest BCUT2D eigenvalue weighted by Crippen LogP contribution is -2.54. The van der Waals surface area contributed by atoms with Gasteiger partial charge < -0.3 is 14.9 Å². The Labute approximate surface area is 174 Å². The molecule has 1 aliphatic carbocycles. The van der Waals surface area contributed by atoms with Crippen molar-refractivity contribution in [3.8, 4) is 0 Å². The van der Waals surface area contributed by atoms with Crippen LogP contribution in [0.5, 0.6) is 0 Å². The summed E-state index contributed by atoms with van der Waals surface area (Å²) in [6.45, 7) is 4.06. The van der Waals surface area contributed by atoms with Crippen molar-refractivity contribution in [3.63, 3.8) is 0 Å². The van der Waals surface area contributed by atoms with Crippen LogP contribution in [-0.2, 0) is 9.59 Å². The van der Waals surface area contributed by atoms with E-state index in [0.717, 1.165) is 24.1 Å². The van der Waals surface area contributed by atoms with Gasteiger partial charge in [0.15, 0.2) is 5.16 Å². The number of aromatic nitrogens is 2. The molecule has 1 N–H and O–H groups in total. The number of carbonyl (C=O) groups excluding carboxylic acids is 1. The van der Waals surface area contributed by atoms with Gasteiger partial charge in [0.25, 0.3) is 0 Å². The van der Waals surface area contributed by atoms with Gasteiger partial charge >= 0.3 is 5.97 Å². The van der Waals surface area contributed by atoms with Gasteiger partial charge in [0, 0.05) is 38.2 Å². The predicted octanol–water partition coefficient (Wildman–Crippen LogP) is 3.31. The Morgan fingerprint density at radius 2 is 2.04 bits per heavy atom. The van der Waals surface area contributed by atoms with Gasteiger partial charge in [-0.1, -0.05) is 49.0 Å². The lowest BCUT2D eigenvalue weighted by molar-refractivity contribution is -0.134. The van der Waals surface area contributed by atoms with E-state index in [4.69, 9.17) is 16.7 Å². The van der Waals surface area contributed by atoms with Gasteiger partial charge in [-0.05, 0) is 19.3 Å². The monoisotopic (exact) mass is 426 g/mol. The topological polar surface area (TPSA) is 86.6 Å². The molecule has 1 amide bonds. The van der Waals surface area contributed by atoms with E-state index in [1.54, 1.807) is 6.07 Å². The van der Waals surface area contributed by atoms with E-state index in [2.05, 4.69) is 21.8 Å². The Morgan fingerprint density at radius 3 is 2.71 bits per heavy atom. The molecule has 0 spiro atoms. The maximum Gasteiger partial charge on any atom is 0.313 e. The fraction of sp³-hybridized carbons (Fsp3) is 0.684. The molecule has 1 saturated carbocycles. The van der Waals surface area contributed by atoms with Crippen LogP contribution >= 0.6 is 23.4 Å². The van der Waals surface area contributed by atoms with E-state index in [9.17, 15) is 9.59 Å². The molecule has 0 aromatic carbocycles. The third kappa shape index (κ3) is 5.73. The molecule has 0 bridgehead atoms. The van der Waals surface area contributed by atoms with Crippen molar-refractivity contribution >= 4 is 41.1 Å². The summed E-state index contributed by atoms with van der Waals surface area (Å²) in [5, 5.41) is 9.48. The minimum atomic E-state index is -0.923. The average Bonchev–Trinajstić information content (AvgIpc) is 3.17. The summed E-state index contributed by atoms with van der Waals surface area (Å²) in [5.41, 5.74) is 0. The maximum absolute atomic E-state index is 12.7. The third-order valence-electron chi connectivity index (χ3n) is 5.50. The number of hydrogen-bond donors (Lipinski definition) is 1. The highest BCUT2D eigenvalue weighted by molar-refractivity contribution is 7.99. The summed E-state index contributed by atoms with van der Waals surface area (Å²) in [6, 6.07) is 1.78. The first-order chi connectivity index (χ1) is 13.4. The second-order valence-corrected chi connectivity index (χ2v) is 8.91. The number of thioether (sulfide) groups is 1. The van der Waals surface area contributed by atoms with Crippen molar-refractivity contribution in [2.75, 3.05) is 30.3 Å². The van der Waals surface area contributed by atoms with E-state index in [-0.39, 0.29) is 17.7 Å². The van der Waals surface area contributed by atoms with E-state index >= 15 is 0 Å². The number of amides is 1. The van der Waals surface area contributed by atoms with Crippen molar-refractivity contribution in [2.24, 2.45) is 5.92 Å². The second kappa shape index (κ2) is 9.78. The largest absolute Gasteiger partial charge is 0.481 e. The Bertz CT molecular complexity index is 714. The number of piperazine rings is 1. The molecule has 2 heterocycles. The second-order valence-electron chi connectivity index (χ2n) is 7.59. The molecule has 1 saturated heterocycles. The Balaban J connectivity index is 1.56. The van der Waals surface area contributed by atoms with E-state index in [1.807, 2.05) is 4.90 Å². The number of anilines is 1. The van der Waals surface area contributed by atoms with Gasteiger partial charge in [-0.15, -0.1) is 0 Å². The number of aliphatic carboxylic acids is 1. The third-order valence-corrected chi connectivity index (χ3v) is 6.52. The molecular weight excluding hydrogens is 400 g/mol. The van der Waals surface area contributed by atoms with Crippen LogP contribution in [0.15, 0.2) is 11.2 Å².